The van der Waals surface area contributed by atoms with E-state index in [9.17, 15) is 24.3 Å². The molecule has 0 radical (unpaired) electrons. The number of carbonyl (C=O) groups excluding carboxylic acids is 4. The van der Waals surface area contributed by atoms with E-state index in [1.807, 2.05) is 42.5 Å². The molecular formula is C28H30N3O6-. The number of nitrogens with one attached hydrogen (secondary N) is 2. The fraction of sp³-hybridized carbons (Fsp3) is 0.357. The van der Waals surface area contributed by atoms with Crippen molar-refractivity contribution in [3.05, 3.63) is 59.2 Å². The molecule has 0 bridgehead atoms. The molecule has 194 valence electrons. The lowest BCUT2D eigenvalue weighted by molar-refractivity contribution is -0.307. The van der Waals surface area contributed by atoms with Gasteiger partial charge < -0.3 is 30.2 Å². The average molecular weight is 505 g/mol. The van der Waals surface area contributed by atoms with Gasteiger partial charge in [-0.3, -0.25) is 14.4 Å². The number of carbonyl (C=O) groups is 4. The molecule has 1 fully saturated rings. The van der Waals surface area contributed by atoms with Crippen LogP contribution in [0.5, 0.6) is 5.75 Å². The Morgan fingerprint density at radius 3 is 2.46 bits per heavy atom. The molecule has 2 aliphatic rings. The van der Waals surface area contributed by atoms with E-state index < -0.39 is 23.5 Å². The third-order valence-electron chi connectivity index (χ3n) is 6.61. The van der Waals surface area contributed by atoms with E-state index in [4.69, 9.17) is 4.74 Å². The number of aliphatic carboxylic acids is 1. The molecule has 2 atom stereocenters. The van der Waals surface area contributed by atoms with Crippen LogP contribution in [0.1, 0.15) is 54.6 Å². The summed E-state index contributed by atoms with van der Waals surface area (Å²) in [5, 5.41) is 16.6. The summed E-state index contributed by atoms with van der Waals surface area (Å²) >= 11 is 0. The minimum atomic E-state index is -1.22. The Kier molecular flexibility index (Phi) is 7.33. The molecule has 2 N–H and O–H groups in total. The maximum absolute atomic E-state index is 13.5. The van der Waals surface area contributed by atoms with Gasteiger partial charge in [0, 0.05) is 25.0 Å². The first kappa shape index (κ1) is 25.9. The van der Waals surface area contributed by atoms with Gasteiger partial charge in [0.05, 0.1) is 18.4 Å². The summed E-state index contributed by atoms with van der Waals surface area (Å²) in [6.07, 6.45) is 3.85. The zero-order valence-electron chi connectivity index (χ0n) is 21.1. The number of methoxy groups -OCH3 is 1. The van der Waals surface area contributed by atoms with Gasteiger partial charge in [0.15, 0.2) is 0 Å². The molecule has 2 aromatic rings. The first-order chi connectivity index (χ1) is 17.5. The topological polar surface area (TPSA) is 128 Å². The number of hydrogen-bond donors (Lipinski definition) is 2. The van der Waals surface area contributed by atoms with Gasteiger partial charge in [-0.25, -0.2) is 0 Å². The van der Waals surface area contributed by atoms with Crippen molar-refractivity contribution in [2.75, 3.05) is 19.0 Å². The molecular weight excluding hydrogens is 474 g/mol. The molecule has 0 saturated carbocycles. The number of carboxylic acids is 1. The van der Waals surface area contributed by atoms with E-state index in [-0.39, 0.29) is 43.5 Å². The van der Waals surface area contributed by atoms with Crippen molar-refractivity contribution in [3.63, 3.8) is 0 Å². The van der Waals surface area contributed by atoms with Crippen LogP contribution in [0.3, 0.4) is 0 Å². The second-order valence-electron chi connectivity index (χ2n) is 10.3. The van der Waals surface area contributed by atoms with Crippen molar-refractivity contribution in [2.45, 2.75) is 45.2 Å². The zero-order valence-corrected chi connectivity index (χ0v) is 21.1. The first-order valence-corrected chi connectivity index (χ1v) is 12.1. The fourth-order valence-electron chi connectivity index (χ4n) is 4.81. The zero-order chi connectivity index (χ0) is 26.7. The minimum Gasteiger partial charge on any atom is -0.550 e. The lowest BCUT2D eigenvalue weighted by Gasteiger charge is -2.25. The molecule has 0 aliphatic carbocycles. The van der Waals surface area contributed by atoms with Crippen LogP contribution in [-0.2, 0) is 14.4 Å². The van der Waals surface area contributed by atoms with E-state index >= 15 is 0 Å². The van der Waals surface area contributed by atoms with Gasteiger partial charge in [0.25, 0.3) is 5.91 Å². The van der Waals surface area contributed by atoms with Crippen molar-refractivity contribution in [1.82, 2.24) is 10.2 Å². The van der Waals surface area contributed by atoms with Gasteiger partial charge in [-0.1, -0.05) is 44.2 Å². The van der Waals surface area contributed by atoms with Crippen molar-refractivity contribution < 1.29 is 29.0 Å². The van der Waals surface area contributed by atoms with Crippen molar-refractivity contribution in [3.8, 4) is 5.75 Å². The smallest absolute Gasteiger partial charge is 0.256 e. The first-order valence-electron chi connectivity index (χ1n) is 12.1. The highest BCUT2D eigenvalue weighted by Crippen LogP contribution is 2.31. The van der Waals surface area contributed by atoms with E-state index in [0.29, 0.717) is 11.3 Å². The average Bonchev–Trinajstić information content (AvgIpc) is 3.22. The second kappa shape index (κ2) is 10.5. The van der Waals surface area contributed by atoms with E-state index in [1.165, 1.54) is 4.90 Å². The Bertz CT molecular complexity index is 1250. The highest BCUT2D eigenvalue weighted by Gasteiger charge is 2.43. The van der Waals surface area contributed by atoms with Crippen LogP contribution < -0.4 is 20.5 Å². The van der Waals surface area contributed by atoms with Gasteiger partial charge in [-0.05, 0) is 53.6 Å². The summed E-state index contributed by atoms with van der Waals surface area (Å²) < 4.78 is 5.18. The number of fused-ring (bicyclic) bond motifs is 2. The lowest BCUT2D eigenvalue weighted by Crippen LogP contribution is -2.41. The summed E-state index contributed by atoms with van der Waals surface area (Å²) in [5.41, 5.74) is 1.84. The Hall–Kier alpha value is -4.14. The van der Waals surface area contributed by atoms with Crippen LogP contribution in [0, 0.1) is 5.41 Å². The van der Waals surface area contributed by atoms with Gasteiger partial charge >= 0.3 is 0 Å². The van der Waals surface area contributed by atoms with Crippen LogP contribution in [0.15, 0.2) is 42.5 Å². The summed E-state index contributed by atoms with van der Waals surface area (Å²) in [6, 6.07) is 11.8. The quantitative estimate of drug-likeness (QED) is 0.530. The number of ether oxygens (including phenoxy) is 1. The molecule has 4 rings (SSSR count). The number of benzene rings is 2. The molecule has 9 nitrogen and oxygen atoms in total. The van der Waals surface area contributed by atoms with E-state index in [2.05, 4.69) is 10.6 Å². The van der Waals surface area contributed by atoms with Crippen LogP contribution >= 0.6 is 0 Å². The highest BCUT2D eigenvalue weighted by atomic mass is 16.5. The van der Waals surface area contributed by atoms with Crippen molar-refractivity contribution >= 4 is 41.5 Å². The SMILES string of the molecule is COc1ccc(/C=C/c2ccc3c(c2)C(=O)N2C[C@@H](NC(=O)CC(C)(C)CC(=O)[O-])C[C@H]2C(=O)N3)cc1. The monoisotopic (exact) mass is 504 g/mol. The number of anilines is 1. The molecule has 37 heavy (non-hydrogen) atoms. The standard InChI is InChI=1S/C28H31N3O6/c1-28(2,15-25(33)34)14-24(32)29-19-13-23-26(35)30-22-11-8-18(12-21(22)27(36)31(23)16-19)5-4-17-6-9-20(37-3)10-7-17/h4-12,19,23H,13-16H2,1-3H3,(H,29,32)(H,30,35)(H,33,34)/p-1/b5-4+/t19-,23-/m0/s1. The van der Waals surface area contributed by atoms with Crippen LogP contribution in [0.2, 0.25) is 0 Å². The van der Waals surface area contributed by atoms with Gasteiger partial charge in [-0.15, -0.1) is 0 Å². The summed E-state index contributed by atoms with van der Waals surface area (Å²) in [7, 11) is 1.61. The second-order valence-corrected chi connectivity index (χ2v) is 10.3. The fourth-order valence-corrected chi connectivity index (χ4v) is 4.81. The van der Waals surface area contributed by atoms with Crippen LogP contribution in [0.25, 0.3) is 12.2 Å². The van der Waals surface area contributed by atoms with Crippen molar-refractivity contribution in [1.29, 1.82) is 0 Å². The molecule has 2 aliphatic heterocycles. The Labute approximate surface area is 215 Å². The van der Waals surface area contributed by atoms with Crippen molar-refractivity contribution in [2.24, 2.45) is 5.41 Å². The molecule has 3 amide bonds. The largest absolute Gasteiger partial charge is 0.550 e. The Morgan fingerprint density at radius 1 is 1.11 bits per heavy atom. The van der Waals surface area contributed by atoms with E-state index in [0.717, 1.165) is 16.9 Å². The van der Waals surface area contributed by atoms with Gasteiger partial charge in [0.1, 0.15) is 11.8 Å². The number of amides is 3. The summed E-state index contributed by atoms with van der Waals surface area (Å²) in [5.74, 6) is -1.37. The Morgan fingerprint density at radius 2 is 1.78 bits per heavy atom. The third-order valence-corrected chi connectivity index (χ3v) is 6.61. The van der Waals surface area contributed by atoms with Crippen LogP contribution in [-0.4, -0.2) is 54.3 Å². The lowest BCUT2D eigenvalue weighted by atomic mass is 9.85. The molecule has 9 heteroatoms. The normalized spacial score (nSPS) is 19.2. The molecule has 1 saturated heterocycles. The summed E-state index contributed by atoms with van der Waals surface area (Å²) in [6.45, 7) is 3.55. The Balaban J connectivity index is 1.47. The van der Waals surface area contributed by atoms with Crippen LogP contribution in [0.4, 0.5) is 5.69 Å². The number of carboxylic acid groups (broad SMARTS) is 1. The maximum Gasteiger partial charge on any atom is 0.256 e. The predicted octanol–water partition coefficient (Wildman–Crippen LogP) is 2.07. The number of hydrogen-bond acceptors (Lipinski definition) is 6. The molecule has 0 unspecified atom stereocenters. The summed E-state index contributed by atoms with van der Waals surface area (Å²) in [4.78, 5) is 51.4. The molecule has 2 heterocycles. The number of rotatable bonds is 8. The van der Waals surface area contributed by atoms with Gasteiger partial charge in [-0.2, -0.15) is 0 Å². The molecule has 2 aromatic carbocycles. The minimum absolute atomic E-state index is 0.00495. The van der Waals surface area contributed by atoms with Gasteiger partial charge in [0.2, 0.25) is 11.8 Å². The van der Waals surface area contributed by atoms with E-state index in [1.54, 1.807) is 33.1 Å². The maximum atomic E-state index is 13.5. The molecule has 0 spiro atoms. The predicted molar refractivity (Wildman–Crippen MR) is 136 cm³/mol. The highest BCUT2D eigenvalue weighted by molar-refractivity contribution is 6.10. The molecule has 0 aromatic heterocycles. The number of nitrogens with zero attached hydrogens (tertiary/aromatic N) is 1. The third kappa shape index (κ3) is 6.17.